The van der Waals surface area contributed by atoms with Crippen molar-refractivity contribution in [1.29, 1.82) is 0 Å². The molecule has 1 N–H and O–H groups in total. The number of benzene rings is 3. The van der Waals surface area contributed by atoms with Crippen molar-refractivity contribution in [1.82, 2.24) is 10.2 Å². The molecule has 1 atom stereocenters. The quantitative estimate of drug-likeness (QED) is 0.424. The van der Waals surface area contributed by atoms with Crippen molar-refractivity contribution in [2.24, 2.45) is 0 Å². The molecule has 3 aromatic rings. The molecule has 0 saturated carbocycles. The fraction of sp³-hybridized carbons (Fsp3) is 0.310. The van der Waals surface area contributed by atoms with Gasteiger partial charge < -0.3 is 15.0 Å². The van der Waals surface area contributed by atoms with Gasteiger partial charge in [-0.3, -0.25) is 9.59 Å². The summed E-state index contributed by atoms with van der Waals surface area (Å²) in [5, 5.41) is 2.94. The van der Waals surface area contributed by atoms with Gasteiger partial charge in [0.1, 0.15) is 17.6 Å². The molecule has 0 aliphatic heterocycles. The number of carbonyl (C=O) groups excluding carboxylic acids is 2. The molecule has 0 heterocycles. The van der Waals surface area contributed by atoms with Crippen LogP contribution in [0.5, 0.6) is 5.75 Å². The average molecular weight is 477 g/mol. The van der Waals surface area contributed by atoms with Gasteiger partial charge in [-0.25, -0.2) is 4.39 Å². The zero-order chi connectivity index (χ0) is 25.2. The molecule has 5 nitrogen and oxygen atoms in total. The van der Waals surface area contributed by atoms with E-state index in [0.29, 0.717) is 18.7 Å². The van der Waals surface area contributed by atoms with Crippen LogP contribution in [0.3, 0.4) is 0 Å². The van der Waals surface area contributed by atoms with E-state index >= 15 is 0 Å². The molecule has 0 aliphatic carbocycles. The summed E-state index contributed by atoms with van der Waals surface area (Å²) in [6, 6.07) is 20.6. The first-order chi connectivity index (χ1) is 16.9. The van der Waals surface area contributed by atoms with Gasteiger partial charge in [0, 0.05) is 19.5 Å². The number of aryl methyl sites for hydroxylation is 2. The third kappa shape index (κ3) is 7.95. The van der Waals surface area contributed by atoms with Crippen LogP contribution < -0.4 is 10.1 Å². The second-order valence-electron chi connectivity index (χ2n) is 8.76. The maximum absolute atomic E-state index is 13.5. The lowest BCUT2D eigenvalue weighted by Crippen LogP contribution is -2.51. The highest BCUT2D eigenvalue weighted by molar-refractivity contribution is 5.88. The molecule has 3 aromatic carbocycles. The van der Waals surface area contributed by atoms with Crippen molar-refractivity contribution < 1.29 is 18.7 Å². The normalized spacial score (nSPS) is 11.5. The number of hydrogen-bond acceptors (Lipinski definition) is 3. The molecule has 0 saturated heterocycles. The van der Waals surface area contributed by atoms with Crippen LogP contribution in [0.1, 0.15) is 35.6 Å². The predicted molar refractivity (Wildman–Crippen MR) is 136 cm³/mol. The summed E-state index contributed by atoms with van der Waals surface area (Å²) in [6.07, 6.45) is 1.14. The van der Waals surface area contributed by atoms with Crippen molar-refractivity contribution in [2.45, 2.75) is 46.2 Å². The standard InChI is InChI=1S/C29H33FN2O3/c1-4-14-31-29(34)27(18-23-8-6-5-7-9-23)32(19-24-10-12-25(30)13-11-24)28(33)20-35-26-16-21(2)15-22(3)17-26/h5-13,15-17,27H,4,14,18-20H2,1-3H3,(H,31,34)/t27-/m0/s1. The van der Waals surface area contributed by atoms with Gasteiger partial charge >= 0.3 is 0 Å². The van der Waals surface area contributed by atoms with E-state index in [0.717, 1.165) is 28.7 Å². The topological polar surface area (TPSA) is 58.6 Å². The largest absolute Gasteiger partial charge is 0.484 e. The first-order valence-electron chi connectivity index (χ1n) is 11.9. The Kier molecular flexibility index (Phi) is 9.41. The van der Waals surface area contributed by atoms with Crippen LogP contribution in [-0.2, 0) is 22.6 Å². The van der Waals surface area contributed by atoms with Gasteiger partial charge in [0.25, 0.3) is 5.91 Å². The monoisotopic (exact) mass is 476 g/mol. The van der Waals surface area contributed by atoms with Gasteiger partial charge in [-0.1, -0.05) is 55.5 Å². The van der Waals surface area contributed by atoms with Gasteiger partial charge in [-0.05, 0) is 66.8 Å². The Labute approximate surface area is 206 Å². The molecule has 184 valence electrons. The van der Waals surface area contributed by atoms with Gasteiger partial charge in [0.05, 0.1) is 0 Å². The number of halogens is 1. The van der Waals surface area contributed by atoms with Crippen LogP contribution in [0, 0.1) is 19.7 Å². The van der Waals surface area contributed by atoms with E-state index in [1.54, 1.807) is 12.1 Å². The summed E-state index contributed by atoms with van der Waals surface area (Å²) in [5.41, 5.74) is 3.75. The number of ether oxygens (including phenoxy) is 1. The molecule has 0 unspecified atom stereocenters. The molecular weight excluding hydrogens is 443 g/mol. The van der Waals surface area contributed by atoms with Crippen LogP contribution in [0.2, 0.25) is 0 Å². The van der Waals surface area contributed by atoms with Crippen molar-refractivity contribution >= 4 is 11.8 Å². The highest BCUT2D eigenvalue weighted by atomic mass is 19.1. The van der Waals surface area contributed by atoms with E-state index in [4.69, 9.17) is 4.74 Å². The van der Waals surface area contributed by atoms with E-state index in [2.05, 4.69) is 5.32 Å². The summed E-state index contributed by atoms with van der Waals surface area (Å²) in [7, 11) is 0. The first-order valence-corrected chi connectivity index (χ1v) is 11.9. The van der Waals surface area contributed by atoms with E-state index in [1.165, 1.54) is 17.0 Å². The smallest absolute Gasteiger partial charge is 0.261 e. The highest BCUT2D eigenvalue weighted by Gasteiger charge is 2.30. The molecular formula is C29H33FN2O3. The minimum Gasteiger partial charge on any atom is -0.484 e. The minimum absolute atomic E-state index is 0.159. The fourth-order valence-corrected chi connectivity index (χ4v) is 3.95. The Morgan fingerprint density at radius 1 is 0.943 bits per heavy atom. The Morgan fingerprint density at radius 2 is 1.60 bits per heavy atom. The fourth-order valence-electron chi connectivity index (χ4n) is 3.95. The summed E-state index contributed by atoms with van der Waals surface area (Å²) in [6.45, 7) is 6.38. The van der Waals surface area contributed by atoms with Gasteiger partial charge in [0.2, 0.25) is 5.91 Å². The molecule has 6 heteroatoms. The Morgan fingerprint density at radius 3 is 2.23 bits per heavy atom. The maximum atomic E-state index is 13.5. The molecule has 0 bridgehead atoms. The molecule has 0 radical (unpaired) electrons. The summed E-state index contributed by atoms with van der Waals surface area (Å²) >= 11 is 0. The van der Waals surface area contributed by atoms with Crippen LogP contribution in [0.25, 0.3) is 0 Å². The summed E-state index contributed by atoms with van der Waals surface area (Å²) in [5.74, 6) is -0.294. The Balaban J connectivity index is 1.89. The van der Waals surface area contributed by atoms with E-state index in [1.807, 2.05) is 69.3 Å². The second-order valence-corrected chi connectivity index (χ2v) is 8.76. The molecule has 35 heavy (non-hydrogen) atoms. The number of carbonyl (C=O) groups is 2. The van der Waals surface area contributed by atoms with Crippen LogP contribution >= 0.6 is 0 Å². The third-order valence-electron chi connectivity index (χ3n) is 5.64. The molecule has 0 aromatic heterocycles. The van der Waals surface area contributed by atoms with Crippen molar-refractivity contribution in [3.63, 3.8) is 0 Å². The van der Waals surface area contributed by atoms with E-state index in [9.17, 15) is 14.0 Å². The Bertz CT molecular complexity index is 1100. The van der Waals surface area contributed by atoms with Gasteiger partial charge in [-0.2, -0.15) is 0 Å². The van der Waals surface area contributed by atoms with Gasteiger partial charge in [0.15, 0.2) is 6.61 Å². The Hall–Kier alpha value is -3.67. The summed E-state index contributed by atoms with van der Waals surface area (Å²) in [4.78, 5) is 28.3. The zero-order valence-electron chi connectivity index (χ0n) is 20.6. The molecule has 2 amide bonds. The lowest BCUT2D eigenvalue weighted by atomic mass is 10.0. The maximum Gasteiger partial charge on any atom is 0.261 e. The second kappa shape index (κ2) is 12.7. The van der Waals surface area contributed by atoms with Gasteiger partial charge in [-0.15, -0.1) is 0 Å². The molecule has 3 rings (SSSR count). The lowest BCUT2D eigenvalue weighted by Gasteiger charge is -2.31. The SMILES string of the molecule is CCCNC(=O)[C@H](Cc1ccccc1)N(Cc1ccc(F)cc1)C(=O)COc1cc(C)cc(C)c1. The number of nitrogens with zero attached hydrogens (tertiary/aromatic N) is 1. The summed E-state index contributed by atoms with van der Waals surface area (Å²) < 4.78 is 19.4. The third-order valence-corrected chi connectivity index (χ3v) is 5.64. The van der Waals surface area contributed by atoms with Crippen molar-refractivity contribution in [2.75, 3.05) is 13.2 Å². The lowest BCUT2D eigenvalue weighted by molar-refractivity contribution is -0.142. The predicted octanol–water partition coefficient (Wildman–Crippen LogP) is 4.99. The number of hydrogen-bond donors (Lipinski definition) is 1. The van der Waals surface area contributed by atoms with Crippen molar-refractivity contribution in [3.05, 3.63) is 101 Å². The molecule has 0 fully saturated rings. The minimum atomic E-state index is -0.746. The molecule has 0 spiro atoms. The van der Waals surface area contributed by atoms with E-state index in [-0.39, 0.29) is 30.8 Å². The van der Waals surface area contributed by atoms with Crippen LogP contribution in [-0.4, -0.2) is 35.9 Å². The number of amides is 2. The number of rotatable bonds is 11. The first kappa shape index (κ1) is 25.9. The van der Waals surface area contributed by atoms with Crippen molar-refractivity contribution in [3.8, 4) is 5.75 Å². The zero-order valence-corrected chi connectivity index (χ0v) is 20.6. The van der Waals surface area contributed by atoms with E-state index < -0.39 is 6.04 Å². The number of nitrogens with one attached hydrogen (secondary N) is 1. The average Bonchev–Trinajstić information content (AvgIpc) is 2.84. The molecule has 0 aliphatic rings. The van der Waals surface area contributed by atoms with Crippen LogP contribution in [0.15, 0.2) is 72.8 Å². The van der Waals surface area contributed by atoms with Crippen LogP contribution in [0.4, 0.5) is 4.39 Å². The highest BCUT2D eigenvalue weighted by Crippen LogP contribution is 2.19.